The molecule has 27 heavy (non-hydrogen) atoms. The average Bonchev–Trinajstić information content (AvgIpc) is 2.73. The number of fused-ring (bicyclic) bond motifs is 1. The number of nitrogen functional groups attached to an aromatic ring is 1. The molecule has 1 aliphatic heterocycles. The number of pyridine rings is 1. The number of aromatic nitrogens is 1. The van der Waals surface area contributed by atoms with Gasteiger partial charge in [-0.25, -0.2) is 0 Å². The molecule has 5 nitrogen and oxygen atoms in total. The third-order valence-corrected chi connectivity index (χ3v) is 6.29. The minimum atomic E-state index is 0.129. The van der Waals surface area contributed by atoms with Gasteiger partial charge in [-0.2, -0.15) is 0 Å². The molecule has 5 heteroatoms. The summed E-state index contributed by atoms with van der Waals surface area (Å²) in [5.74, 6) is 0.774. The molecule has 2 fully saturated rings. The third-order valence-electron chi connectivity index (χ3n) is 6.29. The van der Waals surface area contributed by atoms with Gasteiger partial charge < -0.3 is 15.4 Å². The summed E-state index contributed by atoms with van der Waals surface area (Å²) in [5, 5.41) is 1.08. The number of ether oxygens (including phenoxy) is 1. The summed E-state index contributed by atoms with van der Waals surface area (Å²) in [6, 6.07) is 10.1. The fourth-order valence-corrected chi connectivity index (χ4v) is 4.69. The van der Waals surface area contributed by atoms with Crippen molar-refractivity contribution in [2.75, 3.05) is 25.9 Å². The smallest absolute Gasteiger partial charge is 0.225 e. The van der Waals surface area contributed by atoms with Crippen LogP contribution in [0.3, 0.4) is 0 Å². The molecular weight excluding hydrogens is 338 g/mol. The molecule has 4 rings (SSSR count). The standard InChI is InChI=1S/C22H29N3O2/c1-27-18-7-4-6-17(13-18)22(26)25-11-9-15(10-12-25)21-19(23)14-16-5-2-3-8-20(16)24-21/h2-3,5,8,14-15,17-18H,4,6-7,9-13,23H2,1H3/t17-,18+/m0/s1. The van der Waals surface area contributed by atoms with E-state index in [1.165, 1.54) is 0 Å². The Kier molecular flexibility index (Phi) is 5.30. The number of benzene rings is 1. The molecule has 0 spiro atoms. The first-order chi connectivity index (χ1) is 13.2. The Bertz CT molecular complexity index is 814. The van der Waals surface area contributed by atoms with Gasteiger partial charge in [-0.3, -0.25) is 9.78 Å². The number of amides is 1. The fourth-order valence-electron chi connectivity index (χ4n) is 4.69. The van der Waals surface area contributed by atoms with Crippen LogP contribution in [0.4, 0.5) is 5.69 Å². The molecule has 2 aromatic rings. The molecule has 0 bridgehead atoms. The number of anilines is 1. The van der Waals surface area contributed by atoms with E-state index in [0.717, 1.165) is 73.9 Å². The van der Waals surface area contributed by atoms with E-state index in [1.54, 1.807) is 7.11 Å². The molecule has 2 N–H and O–H groups in total. The lowest BCUT2D eigenvalue weighted by Crippen LogP contribution is -2.43. The maximum absolute atomic E-state index is 12.9. The Balaban J connectivity index is 1.41. The number of para-hydroxylation sites is 1. The molecule has 2 atom stereocenters. The lowest BCUT2D eigenvalue weighted by molar-refractivity contribution is -0.139. The third kappa shape index (κ3) is 3.79. The maximum atomic E-state index is 12.9. The van der Waals surface area contributed by atoms with Crippen LogP contribution in [-0.2, 0) is 9.53 Å². The highest BCUT2D eigenvalue weighted by molar-refractivity contribution is 5.82. The van der Waals surface area contributed by atoms with Crippen molar-refractivity contribution in [1.82, 2.24) is 9.88 Å². The van der Waals surface area contributed by atoms with Gasteiger partial charge in [0.1, 0.15) is 0 Å². The summed E-state index contributed by atoms with van der Waals surface area (Å²) in [6.45, 7) is 1.59. The van der Waals surface area contributed by atoms with Crippen molar-refractivity contribution in [2.24, 2.45) is 5.92 Å². The van der Waals surface area contributed by atoms with Crippen LogP contribution in [0.15, 0.2) is 30.3 Å². The van der Waals surface area contributed by atoms with Crippen molar-refractivity contribution >= 4 is 22.5 Å². The second-order valence-corrected chi connectivity index (χ2v) is 7.98. The van der Waals surface area contributed by atoms with Crippen LogP contribution < -0.4 is 5.73 Å². The van der Waals surface area contributed by atoms with Crippen molar-refractivity contribution in [2.45, 2.75) is 50.5 Å². The van der Waals surface area contributed by atoms with E-state index in [9.17, 15) is 4.79 Å². The quantitative estimate of drug-likeness (QED) is 0.897. The first-order valence-electron chi connectivity index (χ1n) is 10.1. The van der Waals surface area contributed by atoms with Crippen molar-refractivity contribution < 1.29 is 9.53 Å². The molecule has 1 aromatic carbocycles. The number of piperidine rings is 1. The SMILES string of the molecule is CO[C@@H]1CCC[C@H](C(=O)N2CCC(c3nc4ccccc4cc3N)CC2)C1. The maximum Gasteiger partial charge on any atom is 0.225 e. The minimum absolute atomic E-state index is 0.129. The highest BCUT2D eigenvalue weighted by atomic mass is 16.5. The number of hydrogen-bond donors (Lipinski definition) is 1. The van der Waals surface area contributed by atoms with Gasteiger partial charge in [-0.15, -0.1) is 0 Å². The van der Waals surface area contributed by atoms with E-state index < -0.39 is 0 Å². The molecule has 0 unspecified atom stereocenters. The summed E-state index contributed by atoms with van der Waals surface area (Å²) in [6.07, 6.45) is 6.14. The number of hydrogen-bond acceptors (Lipinski definition) is 4. The van der Waals surface area contributed by atoms with E-state index in [1.807, 2.05) is 30.3 Å². The van der Waals surface area contributed by atoms with E-state index in [4.69, 9.17) is 15.5 Å². The summed E-state index contributed by atoms with van der Waals surface area (Å²) < 4.78 is 5.49. The van der Waals surface area contributed by atoms with Gasteiger partial charge in [0.25, 0.3) is 0 Å². The van der Waals surface area contributed by atoms with Gasteiger partial charge in [0.2, 0.25) is 5.91 Å². The molecule has 2 aliphatic rings. The van der Waals surface area contributed by atoms with E-state index in [-0.39, 0.29) is 12.0 Å². The fraction of sp³-hybridized carbons (Fsp3) is 0.545. The summed E-state index contributed by atoms with van der Waals surface area (Å²) >= 11 is 0. The highest BCUT2D eigenvalue weighted by Gasteiger charge is 2.33. The van der Waals surface area contributed by atoms with Gasteiger partial charge in [-0.1, -0.05) is 24.6 Å². The minimum Gasteiger partial charge on any atom is -0.397 e. The normalized spacial score (nSPS) is 24.3. The molecule has 1 saturated heterocycles. The Morgan fingerprint density at radius 1 is 1.19 bits per heavy atom. The predicted octanol–water partition coefficient (Wildman–Crippen LogP) is 3.73. The van der Waals surface area contributed by atoms with Gasteiger partial charge in [0, 0.05) is 37.4 Å². The number of likely N-dealkylation sites (tertiary alicyclic amines) is 1. The zero-order valence-electron chi connectivity index (χ0n) is 16.1. The summed E-state index contributed by atoms with van der Waals surface area (Å²) in [5.41, 5.74) is 9.07. The van der Waals surface area contributed by atoms with Gasteiger partial charge >= 0.3 is 0 Å². The van der Waals surface area contributed by atoms with Gasteiger partial charge in [0.05, 0.1) is 23.0 Å². The van der Waals surface area contributed by atoms with Crippen LogP contribution >= 0.6 is 0 Å². The lowest BCUT2D eigenvalue weighted by atomic mass is 9.85. The number of methoxy groups -OCH3 is 1. The molecule has 1 saturated carbocycles. The zero-order valence-corrected chi connectivity index (χ0v) is 16.1. The average molecular weight is 367 g/mol. The Morgan fingerprint density at radius 3 is 2.74 bits per heavy atom. The Morgan fingerprint density at radius 2 is 1.96 bits per heavy atom. The van der Waals surface area contributed by atoms with Crippen LogP contribution in [0.25, 0.3) is 10.9 Å². The Labute approximate surface area is 160 Å². The largest absolute Gasteiger partial charge is 0.397 e. The van der Waals surface area contributed by atoms with Crippen molar-refractivity contribution in [3.8, 4) is 0 Å². The van der Waals surface area contributed by atoms with Crippen molar-refractivity contribution in [3.63, 3.8) is 0 Å². The molecule has 1 amide bonds. The molecule has 1 aromatic heterocycles. The number of nitrogens with two attached hydrogens (primary N) is 1. The Hall–Kier alpha value is -2.14. The zero-order chi connectivity index (χ0) is 18.8. The number of carbonyl (C=O) groups is 1. The van der Waals surface area contributed by atoms with Crippen LogP contribution in [0.2, 0.25) is 0 Å². The van der Waals surface area contributed by atoms with Crippen molar-refractivity contribution in [3.05, 3.63) is 36.0 Å². The topological polar surface area (TPSA) is 68.5 Å². The number of rotatable bonds is 3. The highest BCUT2D eigenvalue weighted by Crippen LogP contribution is 2.34. The molecule has 1 aliphatic carbocycles. The lowest BCUT2D eigenvalue weighted by Gasteiger charge is -2.36. The summed E-state index contributed by atoms with van der Waals surface area (Å²) in [4.78, 5) is 19.8. The van der Waals surface area contributed by atoms with Crippen molar-refractivity contribution in [1.29, 1.82) is 0 Å². The molecule has 144 valence electrons. The number of carbonyl (C=O) groups excluding carboxylic acids is 1. The van der Waals surface area contributed by atoms with Crippen LogP contribution in [-0.4, -0.2) is 42.1 Å². The molecule has 2 heterocycles. The first-order valence-corrected chi connectivity index (χ1v) is 10.1. The van der Waals surface area contributed by atoms with Crippen LogP contribution in [0.5, 0.6) is 0 Å². The van der Waals surface area contributed by atoms with Gasteiger partial charge in [0.15, 0.2) is 0 Å². The van der Waals surface area contributed by atoms with Crippen LogP contribution in [0.1, 0.15) is 50.1 Å². The van der Waals surface area contributed by atoms with E-state index >= 15 is 0 Å². The number of nitrogens with zero attached hydrogens (tertiary/aromatic N) is 2. The molecular formula is C22H29N3O2. The first kappa shape index (κ1) is 18.2. The monoisotopic (exact) mass is 367 g/mol. The van der Waals surface area contributed by atoms with Crippen LogP contribution in [0, 0.1) is 5.92 Å². The summed E-state index contributed by atoms with van der Waals surface area (Å²) in [7, 11) is 1.75. The van der Waals surface area contributed by atoms with Gasteiger partial charge in [-0.05, 0) is 44.2 Å². The van der Waals surface area contributed by atoms with E-state index in [0.29, 0.717) is 11.8 Å². The van der Waals surface area contributed by atoms with E-state index in [2.05, 4.69) is 4.90 Å². The second kappa shape index (κ2) is 7.85. The molecule has 0 radical (unpaired) electrons. The second-order valence-electron chi connectivity index (χ2n) is 7.98. The predicted molar refractivity (Wildman–Crippen MR) is 107 cm³/mol.